The normalized spacial score (nSPS) is 11.5. The lowest BCUT2D eigenvalue weighted by Gasteiger charge is -2.10. The van der Waals surface area contributed by atoms with Crippen molar-refractivity contribution in [3.8, 4) is 0 Å². The zero-order chi connectivity index (χ0) is 11.5. The van der Waals surface area contributed by atoms with Gasteiger partial charge in [-0.2, -0.15) is 0 Å². The minimum atomic E-state index is 0.516. The lowest BCUT2D eigenvalue weighted by molar-refractivity contribution is 0.622. The molecule has 1 aromatic carbocycles. The second-order valence-electron chi connectivity index (χ2n) is 4.60. The molecule has 0 bridgehead atoms. The number of hydrogen-bond acceptors (Lipinski definition) is 1. The summed E-state index contributed by atoms with van der Waals surface area (Å²) in [6, 6.07) is 9.41. The van der Waals surface area contributed by atoms with E-state index in [1.165, 1.54) is 16.5 Å². The average molecular weight is 216 g/mol. The van der Waals surface area contributed by atoms with Gasteiger partial charge in [0.1, 0.15) is 0 Å². The number of aromatic nitrogens is 1. The van der Waals surface area contributed by atoms with Gasteiger partial charge in [-0.3, -0.25) is 0 Å². The summed E-state index contributed by atoms with van der Waals surface area (Å²) in [7, 11) is 0. The van der Waals surface area contributed by atoms with E-state index in [0.29, 0.717) is 6.04 Å². The smallest absolute Gasteiger partial charge is 0.0485 e. The second-order valence-corrected chi connectivity index (χ2v) is 4.60. The van der Waals surface area contributed by atoms with Gasteiger partial charge in [-0.1, -0.05) is 12.1 Å². The van der Waals surface area contributed by atoms with Crippen molar-refractivity contribution in [1.82, 2.24) is 4.57 Å². The molecule has 1 aromatic heterocycles. The molecule has 0 amide bonds. The molecule has 2 N–H and O–H groups in total. The Balaban J connectivity index is 2.38. The van der Waals surface area contributed by atoms with Crippen molar-refractivity contribution in [3.63, 3.8) is 0 Å². The van der Waals surface area contributed by atoms with Crippen molar-refractivity contribution in [3.05, 3.63) is 36.0 Å². The monoisotopic (exact) mass is 216 g/mol. The van der Waals surface area contributed by atoms with Crippen molar-refractivity contribution in [2.24, 2.45) is 5.73 Å². The Morgan fingerprint density at radius 2 is 2.06 bits per heavy atom. The molecule has 86 valence electrons. The number of rotatable bonds is 4. The number of aryl methyl sites for hydroxylation is 1. The van der Waals surface area contributed by atoms with Crippen LogP contribution in [0, 0.1) is 0 Å². The third-order valence-corrected chi connectivity index (χ3v) is 3.01. The van der Waals surface area contributed by atoms with Gasteiger partial charge in [-0.25, -0.2) is 0 Å². The van der Waals surface area contributed by atoms with E-state index < -0.39 is 0 Å². The molecule has 0 saturated carbocycles. The summed E-state index contributed by atoms with van der Waals surface area (Å²) < 4.78 is 2.32. The van der Waals surface area contributed by atoms with Crippen LogP contribution in [0.5, 0.6) is 0 Å². The molecular formula is C14H20N2. The van der Waals surface area contributed by atoms with Gasteiger partial charge in [0.15, 0.2) is 0 Å². The highest BCUT2D eigenvalue weighted by Gasteiger charge is 2.04. The van der Waals surface area contributed by atoms with Crippen LogP contribution in [0.1, 0.15) is 31.9 Å². The maximum Gasteiger partial charge on any atom is 0.0485 e. The third-order valence-electron chi connectivity index (χ3n) is 3.01. The molecule has 2 aromatic rings. The quantitative estimate of drug-likeness (QED) is 0.836. The predicted octanol–water partition coefficient (Wildman–Crippen LogP) is 3.11. The first kappa shape index (κ1) is 11.2. The summed E-state index contributed by atoms with van der Waals surface area (Å²) in [6.45, 7) is 5.20. The van der Waals surface area contributed by atoms with Crippen LogP contribution in [-0.2, 0) is 6.42 Å². The molecule has 1 heterocycles. The standard InChI is InChI=1S/C14H20N2/c1-11(2)16-9-7-13-6-5-12(4-3-8-15)10-14(13)16/h5-7,9-11H,3-4,8,15H2,1-2H3. The predicted molar refractivity (Wildman–Crippen MR) is 69.7 cm³/mol. The Kier molecular flexibility index (Phi) is 3.30. The van der Waals surface area contributed by atoms with Gasteiger partial charge in [0.05, 0.1) is 0 Å². The van der Waals surface area contributed by atoms with Gasteiger partial charge in [0.2, 0.25) is 0 Å². The fraction of sp³-hybridized carbons (Fsp3) is 0.429. The number of nitrogens with zero attached hydrogens (tertiary/aromatic N) is 1. The first-order chi connectivity index (χ1) is 7.72. The van der Waals surface area contributed by atoms with Crippen molar-refractivity contribution < 1.29 is 0 Å². The van der Waals surface area contributed by atoms with E-state index in [-0.39, 0.29) is 0 Å². The molecule has 0 radical (unpaired) electrons. The fourth-order valence-corrected chi connectivity index (χ4v) is 2.11. The highest BCUT2D eigenvalue weighted by molar-refractivity contribution is 5.81. The van der Waals surface area contributed by atoms with E-state index in [1.807, 2.05) is 0 Å². The lowest BCUT2D eigenvalue weighted by atomic mass is 10.1. The Labute approximate surface area is 97.1 Å². The van der Waals surface area contributed by atoms with E-state index >= 15 is 0 Å². The van der Waals surface area contributed by atoms with Crippen molar-refractivity contribution in [2.45, 2.75) is 32.7 Å². The molecule has 0 aliphatic rings. The minimum Gasteiger partial charge on any atom is -0.345 e. The Hall–Kier alpha value is -1.28. The van der Waals surface area contributed by atoms with Crippen LogP contribution < -0.4 is 5.73 Å². The number of fused-ring (bicyclic) bond motifs is 1. The van der Waals surface area contributed by atoms with Gasteiger partial charge in [0.25, 0.3) is 0 Å². The Morgan fingerprint density at radius 3 is 2.75 bits per heavy atom. The maximum atomic E-state index is 5.54. The largest absolute Gasteiger partial charge is 0.345 e. The summed E-state index contributed by atoms with van der Waals surface area (Å²) in [5.41, 5.74) is 8.27. The summed E-state index contributed by atoms with van der Waals surface area (Å²) in [5.74, 6) is 0. The van der Waals surface area contributed by atoms with Crippen molar-refractivity contribution >= 4 is 10.9 Å². The van der Waals surface area contributed by atoms with Crippen LogP contribution in [0.25, 0.3) is 10.9 Å². The van der Waals surface area contributed by atoms with Crippen molar-refractivity contribution in [1.29, 1.82) is 0 Å². The molecule has 0 aliphatic heterocycles. The number of hydrogen-bond donors (Lipinski definition) is 1. The van der Waals surface area contributed by atoms with Crippen LogP contribution in [0.15, 0.2) is 30.5 Å². The Bertz CT molecular complexity index is 469. The van der Waals surface area contributed by atoms with E-state index in [9.17, 15) is 0 Å². The van der Waals surface area contributed by atoms with Crippen LogP contribution >= 0.6 is 0 Å². The van der Waals surface area contributed by atoms with E-state index in [1.54, 1.807) is 0 Å². The molecule has 2 rings (SSSR count). The highest BCUT2D eigenvalue weighted by atomic mass is 15.0. The van der Waals surface area contributed by atoms with Gasteiger partial charge in [0, 0.05) is 17.8 Å². The SMILES string of the molecule is CC(C)n1ccc2ccc(CCCN)cc21. The summed E-state index contributed by atoms with van der Waals surface area (Å²) >= 11 is 0. The maximum absolute atomic E-state index is 5.54. The third kappa shape index (κ3) is 2.12. The van der Waals surface area contributed by atoms with Gasteiger partial charge in [-0.15, -0.1) is 0 Å². The number of benzene rings is 1. The van der Waals surface area contributed by atoms with Gasteiger partial charge < -0.3 is 10.3 Å². The van der Waals surface area contributed by atoms with E-state index in [2.05, 4.69) is 48.9 Å². The molecule has 0 unspecified atom stereocenters. The first-order valence-electron chi connectivity index (χ1n) is 6.02. The van der Waals surface area contributed by atoms with E-state index in [4.69, 9.17) is 5.73 Å². The van der Waals surface area contributed by atoms with Crippen LogP contribution in [-0.4, -0.2) is 11.1 Å². The summed E-state index contributed by atoms with van der Waals surface area (Å²) in [5, 5.41) is 1.32. The molecule has 0 atom stereocenters. The van der Waals surface area contributed by atoms with Gasteiger partial charge in [-0.05, 0) is 56.3 Å². The highest BCUT2D eigenvalue weighted by Crippen LogP contribution is 2.21. The first-order valence-corrected chi connectivity index (χ1v) is 6.02. The zero-order valence-electron chi connectivity index (χ0n) is 10.1. The molecule has 0 aliphatic carbocycles. The van der Waals surface area contributed by atoms with Gasteiger partial charge >= 0.3 is 0 Å². The molecule has 0 spiro atoms. The van der Waals surface area contributed by atoms with Crippen LogP contribution in [0.2, 0.25) is 0 Å². The van der Waals surface area contributed by atoms with Crippen LogP contribution in [0.4, 0.5) is 0 Å². The second kappa shape index (κ2) is 4.71. The lowest BCUT2D eigenvalue weighted by Crippen LogP contribution is -2.01. The summed E-state index contributed by atoms with van der Waals surface area (Å²) in [4.78, 5) is 0. The summed E-state index contributed by atoms with van der Waals surface area (Å²) in [6.07, 6.45) is 4.31. The molecule has 16 heavy (non-hydrogen) atoms. The molecule has 2 nitrogen and oxygen atoms in total. The molecule has 0 fully saturated rings. The van der Waals surface area contributed by atoms with Crippen LogP contribution in [0.3, 0.4) is 0 Å². The molecular weight excluding hydrogens is 196 g/mol. The van der Waals surface area contributed by atoms with E-state index in [0.717, 1.165) is 19.4 Å². The minimum absolute atomic E-state index is 0.516. The fourth-order valence-electron chi connectivity index (χ4n) is 2.11. The zero-order valence-corrected chi connectivity index (χ0v) is 10.1. The Morgan fingerprint density at radius 1 is 1.25 bits per heavy atom. The number of nitrogens with two attached hydrogens (primary N) is 1. The molecule has 0 saturated heterocycles. The molecule has 2 heteroatoms. The van der Waals surface area contributed by atoms with Crippen molar-refractivity contribution in [2.75, 3.05) is 6.54 Å². The average Bonchev–Trinajstić information content (AvgIpc) is 2.69. The topological polar surface area (TPSA) is 30.9 Å².